The maximum Gasteiger partial charge on any atom is 0.295 e. The summed E-state index contributed by atoms with van der Waals surface area (Å²) in [5.41, 5.74) is 0.672. The van der Waals surface area contributed by atoms with Gasteiger partial charge in [0.1, 0.15) is 4.90 Å². The highest BCUT2D eigenvalue weighted by Crippen LogP contribution is 2.29. The van der Waals surface area contributed by atoms with Crippen molar-refractivity contribution in [2.24, 2.45) is 0 Å². The van der Waals surface area contributed by atoms with E-state index in [4.69, 9.17) is 4.55 Å². The summed E-state index contributed by atoms with van der Waals surface area (Å²) in [6.45, 7) is 0. The van der Waals surface area contributed by atoms with Gasteiger partial charge in [0, 0.05) is 18.1 Å². The maximum atomic E-state index is 11.2. The fourth-order valence-corrected chi connectivity index (χ4v) is 2.47. The predicted molar refractivity (Wildman–Crippen MR) is 63.3 cm³/mol. The SMILES string of the molecule is CNc1cccc2cccc(S(=O)(=O)O)c12. The van der Waals surface area contributed by atoms with Crippen molar-refractivity contribution in [3.05, 3.63) is 36.4 Å². The average Bonchev–Trinajstić information content (AvgIpc) is 2.26. The van der Waals surface area contributed by atoms with Gasteiger partial charge in [0.2, 0.25) is 0 Å². The van der Waals surface area contributed by atoms with Gasteiger partial charge < -0.3 is 5.32 Å². The third-order valence-corrected chi connectivity index (χ3v) is 3.31. The van der Waals surface area contributed by atoms with E-state index in [0.29, 0.717) is 11.1 Å². The molecule has 84 valence electrons. The molecule has 0 aliphatic rings. The van der Waals surface area contributed by atoms with Crippen molar-refractivity contribution in [2.75, 3.05) is 12.4 Å². The van der Waals surface area contributed by atoms with Crippen LogP contribution in [0, 0.1) is 0 Å². The Hall–Kier alpha value is -1.59. The van der Waals surface area contributed by atoms with Crippen molar-refractivity contribution in [1.82, 2.24) is 0 Å². The lowest BCUT2D eigenvalue weighted by atomic mass is 10.1. The molecule has 0 spiro atoms. The van der Waals surface area contributed by atoms with Crippen molar-refractivity contribution in [1.29, 1.82) is 0 Å². The fourth-order valence-electron chi connectivity index (χ4n) is 1.73. The topological polar surface area (TPSA) is 66.4 Å². The van der Waals surface area contributed by atoms with Gasteiger partial charge >= 0.3 is 0 Å². The molecule has 0 saturated heterocycles. The molecule has 4 nitrogen and oxygen atoms in total. The Morgan fingerprint density at radius 3 is 2.31 bits per heavy atom. The summed E-state index contributed by atoms with van der Waals surface area (Å²) in [6, 6.07) is 10.2. The number of nitrogens with one attached hydrogen (secondary N) is 1. The zero-order valence-corrected chi connectivity index (χ0v) is 9.45. The van der Waals surface area contributed by atoms with E-state index >= 15 is 0 Å². The first-order valence-corrected chi connectivity index (χ1v) is 6.15. The summed E-state index contributed by atoms with van der Waals surface area (Å²) in [4.78, 5) is -0.0741. The summed E-state index contributed by atoms with van der Waals surface area (Å²) in [5, 5.41) is 4.18. The van der Waals surface area contributed by atoms with Crippen LogP contribution in [0.15, 0.2) is 41.3 Å². The standard InChI is InChI=1S/C11H11NO3S/c1-12-9-6-2-4-8-5-3-7-10(11(8)9)16(13,14)15/h2-7,12H,1H3,(H,13,14,15). The zero-order valence-electron chi connectivity index (χ0n) is 8.64. The monoisotopic (exact) mass is 237 g/mol. The highest BCUT2D eigenvalue weighted by Gasteiger charge is 2.15. The summed E-state index contributed by atoms with van der Waals surface area (Å²) < 4.78 is 31.6. The fraction of sp³-hybridized carbons (Fsp3) is 0.0909. The largest absolute Gasteiger partial charge is 0.388 e. The number of hydrogen-bond acceptors (Lipinski definition) is 3. The minimum atomic E-state index is -4.20. The van der Waals surface area contributed by atoms with Crippen LogP contribution in [0.2, 0.25) is 0 Å². The Labute approximate surface area is 93.7 Å². The van der Waals surface area contributed by atoms with Gasteiger partial charge in [0.05, 0.1) is 0 Å². The van der Waals surface area contributed by atoms with E-state index in [2.05, 4.69) is 5.32 Å². The van der Waals surface area contributed by atoms with Gasteiger partial charge in [-0.1, -0.05) is 24.3 Å². The summed E-state index contributed by atoms with van der Waals surface area (Å²) in [5.74, 6) is 0. The van der Waals surface area contributed by atoms with E-state index in [9.17, 15) is 8.42 Å². The first-order valence-electron chi connectivity index (χ1n) is 4.71. The predicted octanol–water partition coefficient (Wildman–Crippen LogP) is 2.13. The molecule has 5 heteroatoms. The van der Waals surface area contributed by atoms with Gasteiger partial charge in [-0.05, 0) is 17.5 Å². The average molecular weight is 237 g/mol. The van der Waals surface area contributed by atoms with Crippen LogP contribution in [0.25, 0.3) is 10.8 Å². The lowest BCUT2D eigenvalue weighted by Crippen LogP contribution is -2.01. The second-order valence-electron chi connectivity index (χ2n) is 3.38. The third kappa shape index (κ3) is 1.75. The molecule has 0 unspecified atom stereocenters. The second-order valence-corrected chi connectivity index (χ2v) is 4.77. The lowest BCUT2D eigenvalue weighted by Gasteiger charge is -2.09. The molecule has 0 radical (unpaired) electrons. The van der Waals surface area contributed by atoms with Crippen LogP contribution in [-0.4, -0.2) is 20.0 Å². The van der Waals surface area contributed by atoms with Crippen molar-refractivity contribution in [3.8, 4) is 0 Å². The van der Waals surface area contributed by atoms with Gasteiger partial charge in [-0.25, -0.2) is 0 Å². The Bertz CT molecular complexity index is 629. The molecule has 0 amide bonds. The molecule has 0 heterocycles. The quantitative estimate of drug-likeness (QED) is 0.785. The first-order chi connectivity index (χ1) is 7.54. The molecule has 16 heavy (non-hydrogen) atoms. The van der Waals surface area contributed by atoms with Crippen molar-refractivity contribution >= 4 is 26.6 Å². The molecule has 0 aromatic heterocycles. The van der Waals surface area contributed by atoms with Gasteiger partial charge in [-0.3, -0.25) is 4.55 Å². The van der Waals surface area contributed by atoms with Gasteiger partial charge in [0.25, 0.3) is 10.1 Å². The molecule has 0 atom stereocenters. The minimum Gasteiger partial charge on any atom is -0.388 e. The summed E-state index contributed by atoms with van der Waals surface area (Å²) >= 11 is 0. The minimum absolute atomic E-state index is 0.0741. The Morgan fingerprint density at radius 1 is 1.12 bits per heavy atom. The van der Waals surface area contributed by atoms with Crippen LogP contribution in [0.4, 0.5) is 5.69 Å². The van der Waals surface area contributed by atoms with Gasteiger partial charge in [-0.2, -0.15) is 8.42 Å². The van der Waals surface area contributed by atoms with Crippen LogP contribution >= 0.6 is 0 Å². The molecule has 0 aliphatic heterocycles. The molecule has 0 aliphatic carbocycles. The van der Waals surface area contributed by atoms with Crippen LogP contribution in [0.5, 0.6) is 0 Å². The second kappa shape index (κ2) is 3.77. The molecular weight excluding hydrogens is 226 g/mol. The number of benzene rings is 2. The molecule has 0 bridgehead atoms. The van der Waals surface area contributed by atoms with Crippen LogP contribution in [0.1, 0.15) is 0 Å². The summed E-state index contributed by atoms with van der Waals surface area (Å²) in [7, 11) is -2.50. The van der Waals surface area contributed by atoms with Crippen molar-refractivity contribution in [3.63, 3.8) is 0 Å². The summed E-state index contributed by atoms with van der Waals surface area (Å²) in [6.07, 6.45) is 0. The molecular formula is C11H11NO3S. The van der Waals surface area contributed by atoms with Crippen molar-refractivity contribution < 1.29 is 13.0 Å². The number of rotatable bonds is 2. The highest BCUT2D eigenvalue weighted by atomic mass is 32.2. The Kier molecular flexibility index (Phi) is 2.57. The van der Waals surface area contributed by atoms with E-state index in [1.807, 2.05) is 6.07 Å². The number of hydrogen-bond donors (Lipinski definition) is 2. The molecule has 2 aromatic carbocycles. The van der Waals surface area contributed by atoms with E-state index in [0.717, 1.165) is 5.39 Å². The van der Waals surface area contributed by atoms with Gasteiger partial charge in [-0.15, -0.1) is 0 Å². The Balaban J connectivity index is 2.96. The third-order valence-electron chi connectivity index (χ3n) is 2.41. The molecule has 2 rings (SSSR count). The normalized spacial score (nSPS) is 11.6. The molecule has 2 aromatic rings. The lowest BCUT2D eigenvalue weighted by molar-refractivity contribution is 0.484. The number of anilines is 1. The van der Waals surface area contributed by atoms with E-state index < -0.39 is 10.1 Å². The first kappa shape index (κ1) is 10.9. The van der Waals surface area contributed by atoms with Crippen molar-refractivity contribution in [2.45, 2.75) is 4.90 Å². The Morgan fingerprint density at radius 2 is 1.75 bits per heavy atom. The highest BCUT2D eigenvalue weighted by molar-refractivity contribution is 7.86. The smallest absolute Gasteiger partial charge is 0.295 e. The van der Waals surface area contributed by atoms with E-state index in [1.165, 1.54) is 6.07 Å². The van der Waals surface area contributed by atoms with Crippen LogP contribution in [0.3, 0.4) is 0 Å². The van der Waals surface area contributed by atoms with E-state index in [-0.39, 0.29) is 4.90 Å². The van der Waals surface area contributed by atoms with E-state index in [1.54, 1.807) is 31.3 Å². The maximum absolute atomic E-state index is 11.2. The molecule has 0 saturated carbocycles. The van der Waals surface area contributed by atoms with Gasteiger partial charge in [0.15, 0.2) is 0 Å². The number of fused-ring (bicyclic) bond motifs is 1. The van der Waals surface area contributed by atoms with Crippen LogP contribution < -0.4 is 5.32 Å². The van der Waals surface area contributed by atoms with Crippen LogP contribution in [-0.2, 0) is 10.1 Å². The molecule has 2 N–H and O–H groups in total. The zero-order chi connectivity index (χ0) is 11.8. The molecule has 0 fully saturated rings.